The molecule has 12 heavy (non-hydrogen) atoms. The summed E-state index contributed by atoms with van der Waals surface area (Å²) in [5.74, 6) is -1.23. The molecule has 0 heterocycles. The van der Waals surface area contributed by atoms with Crippen molar-refractivity contribution in [2.24, 2.45) is 0 Å². The van der Waals surface area contributed by atoms with E-state index in [1.54, 1.807) is 30.3 Å². The van der Waals surface area contributed by atoms with E-state index in [2.05, 4.69) is 0 Å². The zero-order chi connectivity index (χ0) is 8.27. The third-order valence-corrected chi connectivity index (χ3v) is 1.35. The predicted octanol–water partition coefficient (Wildman–Crippen LogP) is -0.379. The SMILES string of the molecule is O=C(O)C(O)c1ccccc1.[BiH3]. The van der Waals surface area contributed by atoms with Crippen molar-refractivity contribution in [1.29, 1.82) is 0 Å². The third kappa shape index (κ3) is 2.88. The van der Waals surface area contributed by atoms with Gasteiger partial charge in [0, 0.05) is 0 Å². The zero-order valence-corrected chi connectivity index (χ0v) is 12.0. The van der Waals surface area contributed by atoms with E-state index in [0.29, 0.717) is 5.56 Å². The maximum absolute atomic E-state index is 10.2. The van der Waals surface area contributed by atoms with Gasteiger partial charge in [-0.25, -0.2) is 4.79 Å². The quantitative estimate of drug-likeness (QED) is 0.704. The number of carboxylic acids is 1. The molecule has 0 aliphatic heterocycles. The van der Waals surface area contributed by atoms with Crippen LogP contribution < -0.4 is 0 Å². The predicted molar refractivity (Wildman–Crippen MR) is 49.0 cm³/mol. The Hall–Kier alpha value is -0.467. The van der Waals surface area contributed by atoms with Crippen LogP contribution in [0, 0.1) is 0 Å². The van der Waals surface area contributed by atoms with Crippen LogP contribution in [0.2, 0.25) is 0 Å². The molecule has 0 saturated heterocycles. The number of carboxylic acid groups (broad SMARTS) is 1. The first kappa shape index (κ1) is 11.5. The molecule has 0 fully saturated rings. The van der Waals surface area contributed by atoms with Crippen LogP contribution in [-0.2, 0) is 4.79 Å². The Morgan fingerprint density at radius 3 is 2.17 bits per heavy atom. The summed E-state index contributed by atoms with van der Waals surface area (Å²) in [5.41, 5.74) is 0.403. The minimum absolute atomic E-state index is 0. The van der Waals surface area contributed by atoms with Gasteiger partial charge in [-0.3, -0.25) is 0 Å². The molecule has 1 unspecified atom stereocenters. The molecule has 0 aliphatic carbocycles. The van der Waals surface area contributed by atoms with Crippen molar-refractivity contribution in [3.63, 3.8) is 0 Å². The van der Waals surface area contributed by atoms with E-state index in [1.165, 1.54) is 0 Å². The summed E-state index contributed by atoms with van der Waals surface area (Å²) in [7, 11) is 0. The van der Waals surface area contributed by atoms with Crippen LogP contribution in [0.1, 0.15) is 11.7 Å². The monoisotopic (exact) mass is 364 g/mol. The van der Waals surface area contributed by atoms with Crippen LogP contribution in [0.5, 0.6) is 0 Å². The van der Waals surface area contributed by atoms with Gasteiger partial charge in [-0.15, -0.1) is 0 Å². The number of hydrogen-bond acceptors (Lipinski definition) is 2. The second-order valence-corrected chi connectivity index (χ2v) is 2.15. The zero-order valence-electron chi connectivity index (χ0n) is 6.47. The number of aliphatic hydroxyl groups excluding tert-OH is 1. The number of aliphatic hydroxyl groups is 1. The molecule has 1 aromatic carbocycles. The van der Waals surface area contributed by atoms with E-state index in [-0.39, 0.29) is 26.2 Å². The summed E-state index contributed by atoms with van der Waals surface area (Å²) in [6, 6.07) is 8.26. The average molecular weight is 364 g/mol. The van der Waals surface area contributed by atoms with Crippen molar-refractivity contribution < 1.29 is 15.0 Å². The van der Waals surface area contributed by atoms with E-state index in [1.807, 2.05) is 0 Å². The molecule has 0 bridgehead atoms. The van der Waals surface area contributed by atoms with Crippen molar-refractivity contribution in [3.8, 4) is 0 Å². The van der Waals surface area contributed by atoms with Crippen LogP contribution >= 0.6 is 0 Å². The molecule has 0 spiro atoms. The molecule has 0 saturated carbocycles. The van der Waals surface area contributed by atoms with Gasteiger partial charge < -0.3 is 10.2 Å². The van der Waals surface area contributed by atoms with Gasteiger partial charge in [-0.1, -0.05) is 30.3 Å². The molecule has 0 amide bonds. The first-order valence-electron chi connectivity index (χ1n) is 3.17. The van der Waals surface area contributed by atoms with E-state index >= 15 is 0 Å². The van der Waals surface area contributed by atoms with Crippen molar-refractivity contribution in [3.05, 3.63) is 35.9 Å². The summed E-state index contributed by atoms with van der Waals surface area (Å²) in [6.07, 6.45) is -1.41. The van der Waals surface area contributed by atoms with Crippen LogP contribution in [0.3, 0.4) is 0 Å². The van der Waals surface area contributed by atoms with Gasteiger partial charge >= 0.3 is 32.2 Å². The molecule has 1 aromatic rings. The second-order valence-electron chi connectivity index (χ2n) is 2.15. The molecule has 66 valence electrons. The van der Waals surface area contributed by atoms with Gasteiger partial charge in [-0.05, 0) is 5.56 Å². The maximum atomic E-state index is 10.2. The van der Waals surface area contributed by atoms with Crippen LogP contribution in [0.25, 0.3) is 0 Å². The van der Waals surface area contributed by atoms with E-state index < -0.39 is 12.1 Å². The molecule has 2 N–H and O–H groups in total. The number of benzene rings is 1. The number of aliphatic carboxylic acids is 1. The van der Waals surface area contributed by atoms with Crippen LogP contribution in [0.4, 0.5) is 0 Å². The van der Waals surface area contributed by atoms with Gasteiger partial charge in [-0.2, -0.15) is 0 Å². The van der Waals surface area contributed by atoms with Gasteiger partial charge in [0.2, 0.25) is 0 Å². The molecule has 0 aliphatic rings. The Morgan fingerprint density at radius 2 is 1.75 bits per heavy atom. The molecule has 1 rings (SSSR count). The number of carbonyl (C=O) groups is 1. The van der Waals surface area contributed by atoms with Crippen molar-refractivity contribution in [1.82, 2.24) is 0 Å². The fourth-order valence-electron chi connectivity index (χ4n) is 0.778. The van der Waals surface area contributed by atoms with Gasteiger partial charge in [0.05, 0.1) is 0 Å². The normalized spacial score (nSPS) is 11.4. The van der Waals surface area contributed by atoms with Crippen LogP contribution in [-0.4, -0.2) is 42.4 Å². The van der Waals surface area contributed by atoms with Gasteiger partial charge in [0.15, 0.2) is 6.10 Å². The second kappa shape index (κ2) is 5.23. The topological polar surface area (TPSA) is 57.5 Å². The first-order valence-corrected chi connectivity index (χ1v) is 3.17. The third-order valence-electron chi connectivity index (χ3n) is 1.35. The van der Waals surface area contributed by atoms with Crippen LogP contribution in [0.15, 0.2) is 30.3 Å². The summed E-state index contributed by atoms with van der Waals surface area (Å²) < 4.78 is 0. The summed E-state index contributed by atoms with van der Waals surface area (Å²) in [5, 5.41) is 17.4. The molecular weight excluding hydrogens is 353 g/mol. The Bertz CT molecular complexity index is 248. The minimum atomic E-state index is -1.41. The number of rotatable bonds is 2. The van der Waals surface area contributed by atoms with E-state index in [0.717, 1.165) is 0 Å². The van der Waals surface area contributed by atoms with Crippen molar-refractivity contribution in [2.75, 3.05) is 0 Å². The number of hydrogen-bond donors (Lipinski definition) is 2. The Balaban J connectivity index is 0.00000121. The van der Waals surface area contributed by atoms with Gasteiger partial charge in [0.1, 0.15) is 0 Å². The Morgan fingerprint density at radius 1 is 1.25 bits per heavy atom. The van der Waals surface area contributed by atoms with Crippen molar-refractivity contribution >= 4 is 32.2 Å². The Labute approximate surface area is 89.2 Å². The first-order chi connectivity index (χ1) is 5.22. The standard InChI is InChI=1S/C8H8O3.Bi.3H/c9-7(8(10)11)6-4-2-1-3-5-6;;;;/h1-5,7,9H,(H,10,11);;;;. The summed E-state index contributed by atoms with van der Waals surface area (Å²) >= 11 is 0. The molecule has 4 heteroatoms. The average Bonchev–Trinajstić information content (AvgIpc) is 2.05. The van der Waals surface area contributed by atoms with Crippen molar-refractivity contribution in [2.45, 2.75) is 6.10 Å². The summed E-state index contributed by atoms with van der Waals surface area (Å²) in [4.78, 5) is 10.2. The molecule has 3 nitrogen and oxygen atoms in total. The van der Waals surface area contributed by atoms with E-state index in [4.69, 9.17) is 10.2 Å². The molecular formula is C8H11BiO3. The fraction of sp³-hybridized carbons (Fsp3) is 0.125. The van der Waals surface area contributed by atoms with E-state index in [9.17, 15) is 4.79 Å². The Kier molecular flexibility index (Phi) is 5.02. The molecule has 1 atom stereocenters. The molecule has 0 aromatic heterocycles. The summed E-state index contributed by atoms with van der Waals surface area (Å²) in [6.45, 7) is 0. The van der Waals surface area contributed by atoms with Gasteiger partial charge in [0.25, 0.3) is 0 Å². The fourth-order valence-corrected chi connectivity index (χ4v) is 0.778. The molecule has 0 radical (unpaired) electrons.